The van der Waals surface area contributed by atoms with E-state index < -0.39 is 27.7 Å². The van der Waals surface area contributed by atoms with E-state index >= 15 is 0 Å². The van der Waals surface area contributed by atoms with Crippen LogP contribution in [0.3, 0.4) is 0 Å². The third-order valence-electron chi connectivity index (χ3n) is 1.42. The predicted octanol–water partition coefficient (Wildman–Crippen LogP) is 4.00. The molecular weight excluding hydrogens is 270 g/mol. The summed E-state index contributed by atoms with van der Waals surface area (Å²) in [5.74, 6) is -1.16. The van der Waals surface area contributed by atoms with Crippen molar-refractivity contribution in [1.82, 2.24) is 0 Å². The summed E-state index contributed by atoms with van der Waals surface area (Å²) in [6.07, 6.45) is -4.72. The number of alkyl halides is 3. The van der Waals surface area contributed by atoms with Crippen molar-refractivity contribution in [2.24, 2.45) is 5.18 Å². The highest BCUT2D eigenvalue weighted by molar-refractivity contribution is 9.10. The zero-order valence-electron chi connectivity index (χ0n) is 6.40. The highest BCUT2D eigenvalue weighted by atomic mass is 79.9. The Hall–Kier alpha value is -0.980. The largest absolute Gasteiger partial charge is 0.417 e. The zero-order valence-corrected chi connectivity index (χ0v) is 7.99. The van der Waals surface area contributed by atoms with E-state index in [0.717, 1.165) is 0 Å². The standard InChI is InChI=1S/C7H2BrF4NO/c8-6-4(7(10,11)12)1-3(9)2-5(6)13-14/h1-2H. The van der Waals surface area contributed by atoms with Crippen LogP contribution in [0, 0.1) is 10.7 Å². The maximum absolute atomic E-state index is 12.6. The van der Waals surface area contributed by atoms with Crippen molar-refractivity contribution in [3.05, 3.63) is 32.9 Å². The third kappa shape index (κ3) is 2.09. The summed E-state index contributed by atoms with van der Waals surface area (Å²) >= 11 is 2.53. The van der Waals surface area contributed by atoms with Gasteiger partial charge in [-0.15, -0.1) is 4.91 Å². The van der Waals surface area contributed by atoms with Gasteiger partial charge in [-0.05, 0) is 27.2 Å². The minimum absolute atomic E-state index is 0.290. The second kappa shape index (κ2) is 3.64. The number of halogens is 5. The fourth-order valence-corrected chi connectivity index (χ4v) is 1.37. The van der Waals surface area contributed by atoms with Gasteiger partial charge in [-0.2, -0.15) is 13.2 Å². The number of nitrogens with zero attached hydrogens (tertiary/aromatic N) is 1. The van der Waals surface area contributed by atoms with E-state index in [-0.39, 0.29) is 0 Å². The van der Waals surface area contributed by atoms with Gasteiger partial charge in [0.2, 0.25) is 0 Å². The lowest BCUT2D eigenvalue weighted by Gasteiger charge is -2.09. The van der Waals surface area contributed by atoms with Gasteiger partial charge in [-0.1, -0.05) is 0 Å². The molecule has 0 aliphatic heterocycles. The minimum Gasteiger partial charge on any atom is -0.207 e. The Kier molecular flexibility index (Phi) is 2.89. The topological polar surface area (TPSA) is 29.4 Å². The van der Waals surface area contributed by atoms with Crippen LogP contribution in [0.5, 0.6) is 0 Å². The van der Waals surface area contributed by atoms with Crippen molar-refractivity contribution in [2.75, 3.05) is 0 Å². The fourth-order valence-electron chi connectivity index (χ4n) is 0.848. The first-order chi connectivity index (χ1) is 6.36. The van der Waals surface area contributed by atoms with Gasteiger partial charge < -0.3 is 0 Å². The van der Waals surface area contributed by atoms with E-state index in [1.165, 1.54) is 0 Å². The molecule has 76 valence electrons. The maximum Gasteiger partial charge on any atom is 0.417 e. The molecule has 0 amide bonds. The van der Waals surface area contributed by atoms with Gasteiger partial charge in [-0.3, -0.25) is 0 Å². The molecule has 0 spiro atoms. The molecule has 0 heterocycles. The van der Waals surface area contributed by atoms with Crippen molar-refractivity contribution in [2.45, 2.75) is 6.18 Å². The second-order valence-corrected chi connectivity index (χ2v) is 3.17. The smallest absolute Gasteiger partial charge is 0.207 e. The van der Waals surface area contributed by atoms with Crippen molar-refractivity contribution < 1.29 is 17.6 Å². The molecular formula is C7H2BrF4NO. The maximum atomic E-state index is 12.6. The lowest BCUT2D eigenvalue weighted by atomic mass is 10.2. The molecule has 0 saturated carbocycles. The predicted molar refractivity (Wildman–Crippen MR) is 44.6 cm³/mol. The first-order valence-electron chi connectivity index (χ1n) is 3.26. The Labute approximate surface area is 84.0 Å². The van der Waals surface area contributed by atoms with Crippen LogP contribution in [0.25, 0.3) is 0 Å². The van der Waals surface area contributed by atoms with Crippen molar-refractivity contribution in [1.29, 1.82) is 0 Å². The van der Waals surface area contributed by atoms with E-state index in [4.69, 9.17) is 0 Å². The van der Waals surface area contributed by atoms with Crippen molar-refractivity contribution in [3.63, 3.8) is 0 Å². The SMILES string of the molecule is O=Nc1cc(F)cc(C(F)(F)F)c1Br. The van der Waals surface area contributed by atoms with Gasteiger partial charge >= 0.3 is 6.18 Å². The van der Waals surface area contributed by atoms with Crippen LogP contribution in [0.15, 0.2) is 21.8 Å². The molecule has 0 bridgehead atoms. The monoisotopic (exact) mass is 271 g/mol. The number of benzene rings is 1. The molecule has 0 atom stereocenters. The first-order valence-corrected chi connectivity index (χ1v) is 4.05. The Morgan fingerprint density at radius 3 is 2.29 bits per heavy atom. The molecule has 0 unspecified atom stereocenters. The summed E-state index contributed by atoms with van der Waals surface area (Å²) in [5.41, 5.74) is -1.87. The molecule has 14 heavy (non-hydrogen) atoms. The summed E-state index contributed by atoms with van der Waals surface area (Å²) in [4.78, 5) is 10.0. The average Bonchev–Trinajstić information content (AvgIpc) is 2.06. The molecule has 0 radical (unpaired) electrons. The normalized spacial score (nSPS) is 11.5. The molecule has 0 saturated heterocycles. The molecule has 2 nitrogen and oxygen atoms in total. The summed E-state index contributed by atoms with van der Waals surface area (Å²) in [6.45, 7) is 0. The first kappa shape index (κ1) is 11.1. The Morgan fingerprint density at radius 1 is 1.29 bits per heavy atom. The van der Waals surface area contributed by atoms with Gasteiger partial charge in [0, 0.05) is 6.07 Å². The number of hydrogen-bond acceptors (Lipinski definition) is 2. The lowest BCUT2D eigenvalue weighted by molar-refractivity contribution is -0.138. The number of nitroso groups, excluding NO2 is 1. The van der Waals surface area contributed by atoms with Crippen LogP contribution < -0.4 is 0 Å². The van der Waals surface area contributed by atoms with Crippen LogP contribution in [0.4, 0.5) is 23.2 Å². The molecule has 0 aliphatic rings. The minimum atomic E-state index is -4.72. The molecule has 1 rings (SSSR count). The van der Waals surface area contributed by atoms with E-state index in [9.17, 15) is 22.5 Å². The average molecular weight is 272 g/mol. The molecule has 1 aromatic rings. The number of hydrogen-bond donors (Lipinski definition) is 0. The van der Waals surface area contributed by atoms with Crippen molar-refractivity contribution in [3.8, 4) is 0 Å². The van der Waals surface area contributed by atoms with Gasteiger partial charge in [0.25, 0.3) is 0 Å². The number of rotatable bonds is 1. The van der Waals surface area contributed by atoms with Crippen LogP contribution in [-0.2, 0) is 6.18 Å². The molecule has 1 aromatic carbocycles. The van der Waals surface area contributed by atoms with E-state index in [2.05, 4.69) is 21.1 Å². The van der Waals surface area contributed by atoms with Crippen molar-refractivity contribution >= 4 is 21.6 Å². The Bertz CT molecular complexity index is 377. The van der Waals surface area contributed by atoms with Crippen LogP contribution >= 0.6 is 15.9 Å². The summed E-state index contributed by atoms with van der Waals surface area (Å²) in [5, 5.41) is 2.27. The van der Waals surface area contributed by atoms with Gasteiger partial charge in [0.15, 0.2) is 0 Å². The van der Waals surface area contributed by atoms with Crippen LogP contribution in [0.2, 0.25) is 0 Å². The lowest BCUT2D eigenvalue weighted by Crippen LogP contribution is -2.06. The fraction of sp³-hybridized carbons (Fsp3) is 0.143. The van der Waals surface area contributed by atoms with E-state index in [1.54, 1.807) is 0 Å². The summed E-state index contributed by atoms with van der Waals surface area (Å²) < 4.78 is 48.7. The molecule has 0 aromatic heterocycles. The quantitative estimate of drug-likeness (QED) is 0.561. The van der Waals surface area contributed by atoms with Gasteiger partial charge in [0.1, 0.15) is 11.5 Å². The third-order valence-corrected chi connectivity index (χ3v) is 2.26. The summed E-state index contributed by atoms with van der Waals surface area (Å²) in [6, 6.07) is 0.908. The van der Waals surface area contributed by atoms with Crippen LogP contribution in [-0.4, -0.2) is 0 Å². The van der Waals surface area contributed by atoms with Gasteiger partial charge in [0.05, 0.1) is 10.0 Å². The molecule has 0 fully saturated rings. The molecule has 0 N–H and O–H groups in total. The molecule has 7 heteroatoms. The van der Waals surface area contributed by atoms with Crippen LogP contribution in [0.1, 0.15) is 5.56 Å². The molecule has 0 aliphatic carbocycles. The Morgan fingerprint density at radius 2 is 1.86 bits per heavy atom. The zero-order chi connectivity index (χ0) is 10.9. The second-order valence-electron chi connectivity index (χ2n) is 2.38. The Balaban J connectivity index is 3.44. The summed E-state index contributed by atoms with van der Waals surface area (Å²) in [7, 11) is 0. The van der Waals surface area contributed by atoms with Gasteiger partial charge in [-0.25, -0.2) is 4.39 Å². The highest BCUT2D eigenvalue weighted by Gasteiger charge is 2.34. The van der Waals surface area contributed by atoms with E-state index in [1.807, 2.05) is 0 Å². The van der Waals surface area contributed by atoms with E-state index in [0.29, 0.717) is 12.1 Å². The highest BCUT2D eigenvalue weighted by Crippen LogP contribution is 2.40.